The molecule has 1 heterocycles. The van der Waals surface area contributed by atoms with Crippen molar-refractivity contribution in [2.75, 3.05) is 5.75 Å². The van der Waals surface area contributed by atoms with Gasteiger partial charge >= 0.3 is 0 Å². The van der Waals surface area contributed by atoms with Crippen LogP contribution in [0, 0.1) is 0 Å². The second-order valence-corrected chi connectivity index (χ2v) is 2.56. The highest BCUT2D eigenvalue weighted by molar-refractivity contribution is 8.14. The number of hydrogen-bond acceptors (Lipinski definition) is 2. The molecule has 0 amide bonds. The molecule has 0 radical (unpaired) electrons. The molecule has 0 aromatic rings. The summed E-state index contributed by atoms with van der Waals surface area (Å²) in [6.45, 7) is 3.56. The SMILES string of the molecule is C=C1CCSC1=O. The van der Waals surface area contributed by atoms with Crippen LogP contribution in [0.4, 0.5) is 0 Å². The second kappa shape index (κ2) is 1.70. The average molecular weight is 114 g/mol. The molecule has 1 aliphatic heterocycles. The van der Waals surface area contributed by atoms with Gasteiger partial charge in [0.1, 0.15) is 0 Å². The summed E-state index contributed by atoms with van der Waals surface area (Å²) in [5.74, 6) is 0.942. The van der Waals surface area contributed by atoms with Crippen LogP contribution in [0.5, 0.6) is 0 Å². The summed E-state index contributed by atoms with van der Waals surface area (Å²) in [7, 11) is 0. The number of hydrogen-bond donors (Lipinski definition) is 0. The Morgan fingerprint density at radius 3 is 2.57 bits per heavy atom. The van der Waals surface area contributed by atoms with Crippen molar-refractivity contribution in [2.45, 2.75) is 6.42 Å². The minimum Gasteiger partial charge on any atom is -0.282 e. The highest BCUT2D eigenvalue weighted by atomic mass is 32.2. The van der Waals surface area contributed by atoms with Gasteiger partial charge in [0.15, 0.2) is 0 Å². The topological polar surface area (TPSA) is 17.1 Å². The predicted octanol–water partition coefficient (Wildman–Crippen LogP) is 1.21. The van der Waals surface area contributed by atoms with E-state index in [0.717, 1.165) is 17.7 Å². The Morgan fingerprint density at radius 1 is 1.71 bits per heavy atom. The number of rotatable bonds is 0. The Labute approximate surface area is 46.8 Å². The molecule has 1 fully saturated rings. The lowest BCUT2D eigenvalue weighted by atomic mass is 10.3. The van der Waals surface area contributed by atoms with Gasteiger partial charge in [-0.25, -0.2) is 0 Å². The van der Waals surface area contributed by atoms with Gasteiger partial charge in [0.05, 0.1) is 0 Å². The fourth-order valence-electron chi connectivity index (χ4n) is 0.471. The summed E-state index contributed by atoms with van der Waals surface area (Å²) in [6.07, 6.45) is 0.892. The number of carbonyl (C=O) groups excluding carboxylic acids is 1. The van der Waals surface area contributed by atoms with E-state index in [2.05, 4.69) is 6.58 Å². The molecule has 0 spiro atoms. The third-order valence-corrected chi connectivity index (χ3v) is 1.88. The molecular weight excluding hydrogens is 108 g/mol. The first-order valence-electron chi connectivity index (χ1n) is 2.15. The van der Waals surface area contributed by atoms with Crippen molar-refractivity contribution < 1.29 is 4.79 Å². The summed E-state index contributed by atoms with van der Waals surface area (Å²) in [4.78, 5) is 10.4. The minimum atomic E-state index is 0.181. The first kappa shape index (κ1) is 4.91. The van der Waals surface area contributed by atoms with Crippen molar-refractivity contribution >= 4 is 16.9 Å². The molecule has 0 saturated carbocycles. The van der Waals surface area contributed by atoms with E-state index >= 15 is 0 Å². The maximum Gasteiger partial charge on any atom is 0.214 e. The molecule has 0 N–H and O–H groups in total. The van der Waals surface area contributed by atoms with Crippen LogP contribution in [0.1, 0.15) is 6.42 Å². The van der Waals surface area contributed by atoms with Crippen molar-refractivity contribution in [2.24, 2.45) is 0 Å². The second-order valence-electron chi connectivity index (χ2n) is 1.49. The van der Waals surface area contributed by atoms with Crippen molar-refractivity contribution in [1.82, 2.24) is 0 Å². The lowest BCUT2D eigenvalue weighted by molar-refractivity contribution is -0.107. The van der Waals surface area contributed by atoms with Gasteiger partial charge in [-0.1, -0.05) is 18.3 Å². The number of carbonyl (C=O) groups is 1. The van der Waals surface area contributed by atoms with Crippen molar-refractivity contribution in [1.29, 1.82) is 0 Å². The van der Waals surface area contributed by atoms with E-state index in [1.165, 1.54) is 11.8 Å². The fourth-order valence-corrected chi connectivity index (χ4v) is 1.31. The van der Waals surface area contributed by atoms with Gasteiger partial charge in [0.25, 0.3) is 0 Å². The normalized spacial score (nSPS) is 21.1. The summed E-state index contributed by atoms with van der Waals surface area (Å²) in [5.41, 5.74) is 0.782. The molecule has 0 aromatic carbocycles. The van der Waals surface area contributed by atoms with Gasteiger partial charge in [0, 0.05) is 5.75 Å². The van der Waals surface area contributed by atoms with Gasteiger partial charge in [0.2, 0.25) is 5.12 Å². The molecule has 38 valence electrons. The molecule has 0 bridgehead atoms. The van der Waals surface area contributed by atoms with E-state index in [0.29, 0.717) is 0 Å². The van der Waals surface area contributed by atoms with E-state index in [1.807, 2.05) is 0 Å². The average Bonchev–Trinajstić information content (AvgIpc) is 1.91. The molecule has 0 aliphatic carbocycles. The largest absolute Gasteiger partial charge is 0.282 e. The third kappa shape index (κ3) is 0.855. The Hall–Kier alpha value is -0.240. The van der Waals surface area contributed by atoms with Crippen molar-refractivity contribution in [3.63, 3.8) is 0 Å². The Kier molecular flexibility index (Phi) is 1.19. The van der Waals surface area contributed by atoms with E-state index in [4.69, 9.17) is 0 Å². The fraction of sp³-hybridized carbons (Fsp3) is 0.400. The standard InChI is InChI=1S/C5H6OS/c1-4-2-3-7-5(4)6/h1-3H2. The van der Waals surface area contributed by atoms with Crippen molar-refractivity contribution in [3.8, 4) is 0 Å². The lowest BCUT2D eigenvalue weighted by Crippen LogP contribution is -1.81. The van der Waals surface area contributed by atoms with Gasteiger partial charge in [-0.3, -0.25) is 4.79 Å². The van der Waals surface area contributed by atoms with Gasteiger partial charge in [-0.15, -0.1) is 0 Å². The molecule has 7 heavy (non-hydrogen) atoms. The summed E-state index contributed by atoms with van der Waals surface area (Å²) in [6, 6.07) is 0. The molecule has 1 nitrogen and oxygen atoms in total. The highest BCUT2D eigenvalue weighted by Crippen LogP contribution is 2.22. The zero-order chi connectivity index (χ0) is 5.28. The maximum absolute atomic E-state index is 10.4. The van der Waals surface area contributed by atoms with Gasteiger partial charge in [-0.05, 0) is 12.0 Å². The molecule has 2 heteroatoms. The van der Waals surface area contributed by atoms with Crippen LogP contribution >= 0.6 is 11.8 Å². The van der Waals surface area contributed by atoms with Crippen LogP contribution < -0.4 is 0 Å². The molecule has 1 rings (SSSR count). The van der Waals surface area contributed by atoms with Crippen LogP contribution in [-0.4, -0.2) is 10.9 Å². The maximum atomic E-state index is 10.4. The molecule has 1 aliphatic rings. The van der Waals surface area contributed by atoms with Crippen LogP contribution in [0.25, 0.3) is 0 Å². The summed E-state index contributed by atoms with van der Waals surface area (Å²) < 4.78 is 0. The van der Waals surface area contributed by atoms with Crippen LogP contribution in [-0.2, 0) is 4.79 Å². The Bertz CT molecular complexity index is 103. The summed E-state index contributed by atoms with van der Waals surface area (Å²) >= 11 is 1.37. The quantitative estimate of drug-likeness (QED) is 0.440. The number of thioether (sulfide) groups is 1. The van der Waals surface area contributed by atoms with Crippen LogP contribution in [0.2, 0.25) is 0 Å². The van der Waals surface area contributed by atoms with Gasteiger partial charge in [-0.2, -0.15) is 0 Å². The Balaban J connectivity index is 2.65. The van der Waals surface area contributed by atoms with Gasteiger partial charge < -0.3 is 0 Å². The molecule has 1 saturated heterocycles. The predicted molar refractivity (Wildman–Crippen MR) is 31.2 cm³/mol. The van der Waals surface area contributed by atoms with Crippen LogP contribution in [0.3, 0.4) is 0 Å². The van der Waals surface area contributed by atoms with E-state index in [1.54, 1.807) is 0 Å². The smallest absolute Gasteiger partial charge is 0.214 e. The van der Waals surface area contributed by atoms with Crippen LogP contribution in [0.15, 0.2) is 12.2 Å². The highest BCUT2D eigenvalue weighted by Gasteiger charge is 2.14. The first-order chi connectivity index (χ1) is 3.30. The molecular formula is C5H6OS. The van der Waals surface area contributed by atoms with E-state index in [9.17, 15) is 4.79 Å². The molecule has 0 unspecified atom stereocenters. The first-order valence-corrected chi connectivity index (χ1v) is 3.14. The third-order valence-electron chi connectivity index (χ3n) is 0.926. The minimum absolute atomic E-state index is 0.181. The lowest BCUT2D eigenvalue weighted by Gasteiger charge is -1.79. The monoisotopic (exact) mass is 114 g/mol. The van der Waals surface area contributed by atoms with Crippen molar-refractivity contribution in [3.05, 3.63) is 12.2 Å². The zero-order valence-electron chi connectivity index (χ0n) is 3.94. The van der Waals surface area contributed by atoms with E-state index < -0.39 is 0 Å². The zero-order valence-corrected chi connectivity index (χ0v) is 4.75. The molecule has 0 atom stereocenters. The Morgan fingerprint density at radius 2 is 2.43 bits per heavy atom. The van der Waals surface area contributed by atoms with E-state index in [-0.39, 0.29) is 5.12 Å². The summed E-state index contributed by atoms with van der Waals surface area (Å²) in [5, 5.41) is 0.181. The molecule has 0 aromatic heterocycles.